The van der Waals surface area contributed by atoms with Gasteiger partial charge in [-0.15, -0.1) is 0 Å². The Morgan fingerprint density at radius 1 is 1.45 bits per heavy atom. The van der Waals surface area contributed by atoms with Gasteiger partial charge in [0.25, 0.3) is 11.6 Å². The van der Waals surface area contributed by atoms with E-state index in [2.05, 4.69) is 10.6 Å². The molecule has 0 aliphatic carbocycles. The number of nitro benzene ring substituents is 1. The number of rotatable bonds is 8. The Balaban J connectivity index is 2.64. The van der Waals surface area contributed by atoms with Crippen LogP contribution in [0.15, 0.2) is 18.2 Å². The van der Waals surface area contributed by atoms with Crippen molar-refractivity contribution in [2.75, 3.05) is 32.1 Å². The lowest BCUT2D eigenvalue weighted by molar-refractivity contribution is -0.384. The summed E-state index contributed by atoms with van der Waals surface area (Å²) in [5.74, 6) is -0.327. The minimum atomic E-state index is -0.516. The first-order valence-electron chi connectivity index (χ1n) is 6.42. The third-order valence-electron chi connectivity index (χ3n) is 2.68. The molecular weight excluding hydrogens is 262 g/mol. The van der Waals surface area contributed by atoms with Gasteiger partial charge in [0.05, 0.1) is 4.92 Å². The van der Waals surface area contributed by atoms with Gasteiger partial charge in [-0.3, -0.25) is 14.9 Å². The first-order valence-corrected chi connectivity index (χ1v) is 6.42. The Bertz CT molecular complexity index is 477. The molecule has 7 heteroatoms. The summed E-state index contributed by atoms with van der Waals surface area (Å²) in [6, 6.07) is 4.34. The van der Waals surface area contributed by atoms with Crippen LogP contribution < -0.4 is 10.6 Å². The number of anilines is 1. The first kappa shape index (κ1) is 15.9. The van der Waals surface area contributed by atoms with Crippen molar-refractivity contribution in [2.24, 2.45) is 0 Å². The van der Waals surface area contributed by atoms with Crippen molar-refractivity contribution in [1.82, 2.24) is 5.32 Å². The lowest BCUT2D eigenvalue weighted by atomic mass is 10.1. The van der Waals surface area contributed by atoms with Gasteiger partial charge in [-0.25, -0.2) is 0 Å². The van der Waals surface area contributed by atoms with Crippen LogP contribution in [0.1, 0.15) is 23.7 Å². The molecule has 0 saturated heterocycles. The molecule has 1 aromatic carbocycles. The van der Waals surface area contributed by atoms with Crippen LogP contribution in [0, 0.1) is 10.1 Å². The van der Waals surface area contributed by atoms with Gasteiger partial charge in [-0.05, 0) is 25.5 Å². The van der Waals surface area contributed by atoms with Crippen molar-refractivity contribution in [3.05, 3.63) is 33.9 Å². The molecule has 0 radical (unpaired) electrons. The number of hydrogen-bond donors (Lipinski definition) is 2. The largest absolute Gasteiger partial charge is 0.383 e. The molecule has 1 aromatic rings. The number of nitrogens with zero attached hydrogens (tertiary/aromatic N) is 1. The van der Waals surface area contributed by atoms with Crippen LogP contribution in [0.2, 0.25) is 0 Å². The number of nitrogens with one attached hydrogen (secondary N) is 2. The van der Waals surface area contributed by atoms with Crippen LogP contribution >= 0.6 is 0 Å². The van der Waals surface area contributed by atoms with E-state index < -0.39 is 4.92 Å². The minimum Gasteiger partial charge on any atom is -0.383 e. The van der Waals surface area contributed by atoms with Crippen molar-refractivity contribution < 1.29 is 14.5 Å². The van der Waals surface area contributed by atoms with E-state index in [9.17, 15) is 14.9 Å². The zero-order chi connectivity index (χ0) is 15.0. The third kappa shape index (κ3) is 4.51. The molecule has 0 aliphatic rings. The number of carbonyl (C=O) groups excluding carboxylic acids is 1. The Morgan fingerprint density at radius 3 is 2.80 bits per heavy atom. The van der Waals surface area contributed by atoms with E-state index in [0.717, 1.165) is 0 Å². The molecule has 110 valence electrons. The Morgan fingerprint density at radius 2 is 2.20 bits per heavy atom. The van der Waals surface area contributed by atoms with Crippen LogP contribution in [0.5, 0.6) is 0 Å². The highest BCUT2D eigenvalue weighted by atomic mass is 16.6. The van der Waals surface area contributed by atoms with E-state index in [0.29, 0.717) is 31.9 Å². The summed E-state index contributed by atoms with van der Waals surface area (Å²) in [5.41, 5.74) is 0.532. The highest BCUT2D eigenvalue weighted by molar-refractivity contribution is 5.95. The van der Waals surface area contributed by atoms with Crippen molar-refractivity contribution >= 4 is 17.3 Å². The van der Waals surface area contributed by atoms with E-state index in [1.807, 2.05) is 6.92 Å². The van der Waals surface area contributed by atoms with Gasteiger partial charge in [0.15, 0.2) is 0 Å². The smallest absolute Gasteiger partial charge is 0.293 e. The molecule has 1 amide bonds. The molecule has 1 rings (SSSR count). The molecule has 0 aliphatic heterocycles. The molecule has 20 heavy (non-hydrogen) atoms. The molecule has 0 spiro atoms. The summed E-state index contributed by atoms with van der Waals surface area (Å²) in [7, 11) is 1.59. The lowest BCUT2D eigenvalue weighted by Crippen LogP contribution is -2.25. The zero-order valence-corrected chi connectivity index (χ0v) is 11.6. The molecule has 0 bridgehead atoms. The van der Waals surface area contributed by atoms with Crippen LogP contribution in [-0.2, 0) is 4.74 Å². The number of benzene rings is 1. The van der Waals surface area contributed by atoms with Gasteiger partial charge in [-0.1, -0.05) is 0 Å². The third-order valence-corrected chi connectivity index (χ3v) is 2.68. The highest BCUT2D eigenvalue weighted by Crippen LogP contribution is 2.24. The van der Waals surface area contributed by atoms with Gasteiger partial charge in [0.1, 0.15) is 5.69 Å². The molecular formula is C13H19N3O4. The van der Waals surface area contributed by atoms with Crippen LogP contribution in [0.25, 0.3) is 0 Å². The molecule has 0 aromatic heterocycles. The topological polar surface area (TPSA) is 93.5 Å². The minimum absolute atomic E-state index is 0.116. The standard InChI is InChI=1S/C13H19N3O4/c1-3-20-8-4-7-15-13(17)10-5-6-11(14-2)12(9-10)16(18)19/h5-6,9,14H,3-4,7-8H2,1-2H3,(H,15,17). The van der Waals surface area contributed by atoms with Gasteiger partial charge in [0, 0.05) is 38.4 Å². The van der Waals surface area contributed by atoms with Gasteiger partial charge >= 0.3 is 0 Å². The average Bonchev–Trinajstić information content (AvgIpc) is 2.46. The fraction of sp³-hybridized carbons (Fsp3) is 0.462. The van der Waals surface area contributed by atoms with E-state index in [1.54, 1.807) is 13.1 Å². The summed E-state index contributed by atoms with van der Waals surface area (Å²) in [4.78, 5) is 22.2. The van der Waals surface area contributed by atoms with Gasteiger partial charge in [0.2, 0.25) is 0 Å². The maximum Gasteiger partial charge on any atom is 0.293 e. The first-order chi connectivity index (χ1) is 9.60. The summed E-state index contributed by atoms with van der Waals surface area (Å²) in [5, 5.41) is 16.3. The van der Waals surface area contributed by atoms with Gasteiger partial charge in [-0.2, -0.15) is 0 Å². The maximum absolute atomic E-state index is 11.9. The van der Waals surface area contributed by atoms with E-state index in [-0.39, 0.29) is 17.2 Å². The summed E-state index contributed by atoms with van der Waals surface area (Å²) < 4.78 is 5.15. The molecule has 0 unspecified atom stereocenters. The normalized spacial score (nSPS) is 10.1. The van der Waals surface area contributed by atoms with Crippen molar-refractivity contribution in [3.8, 4) is 0 Å². The Kier molecular flexibility index (Phi) is 6.45. The molecule has 7 nitrogen and oxygen atoms in total. The Labute approximate surface area is 117 Å². The number of nitro groups is 1. The number of ether oxygens (including phenoxy) is 1. The summed E-state index contributed by atoms with van der Waals surface area (Å²) in [6.07, 6.45) is 0.705. The fourth-order valence-electron chi connectivity index (χ4n) is 1.66. The van der Waals surface area contributed by atoms with Gasteiger partial charge < -0.3 is 15.4 Å². The predicted octanol–water partition coefficient (Wildman–Crippen LogP) is 1.79. The quantitative estimate of drug-likeness (QED) is 0.430. The van der Waals surface area contributed by atoms with Crippen LogP contribution in [0.3, 0.4) is 0 Å². The monoisotopic (exact) mass is 281 g/mol. The number of hydrogen-bond acceptors (Lipinski definition) is 5. The Hall–Kier alpha value is -2.15. The van der Waals surface area contributed by atoms with Crippen molar-refractivity contribution in [1.29, 1.82) is 0 Å². The average molecular weight is 281 g/mol. The summed E-state index contributed by atoms with van der Waals surface area (Å²) >= 11 is 0. The molecule has 0 atom stereocenters. The highest BCUT2D eigenvalue weighted by Gasteiger charge is 2.16. The maximum atomic E-state index is 11.9. The van der Waals surface area contributed by atoms with E-state index in [1.165, 1.54) is 12.1 Å². The lowest BCUT2D eigenvalue weighted by Gasteiger charge is -2.07. The SMILES string of the molecule is CCOCCCNC(=O)c1ccc(NC)c([N+](=O)[O-])c1. The van der Waals surface area contributed by atoms with Crippen LogP contribution in [-0.4, -0.2) is 37.6 Å². The molecule has 0 saturated carbocycles. The second-order valence-electron chi connectivity index (χ2n) is 4.05. The number of amides is 1. The van der Waals surface area contributed by atoms with E-state index >= 15 is 0 Å². The fourth-order valence-corrected chi connectivity index (χ4v) is 1.66. The second-order valence-corrected chi connectivity index (χ2v) is 4.05. The van der Waals surface area contributed by atoms with Crippen LogP contribution in [0.4, 0.5) is 11.4 Å². The van der Waals surface area contributed by atoms with Crippen molar-refractivity contribution in [2.45, 2.75) is 13.3 Å². The van der Waals surface area contributed by atoms with Crippen molar-refractivity contribution in [3.63, 3.8) is 0 Å². The predicted molar refractivity (Wildman–Crippen MR) is 76.1 cm³/mol. The molecule has 0 fully saturated rings. The molecule has 0 heterocycles. The number of carbonyl (C=O) groups is 1. The van der Waals surface area contributed by atoms with E-state index in [4.69, 9.17) is 4.74 Å². The zero-order valence-electron chi connectivity index (χ0n) is 11.6. The molecule has 2 N–H and O–H groups in total. The summed E-state index contributed by atoms with van der Waals surface area (Å²) in [6.45, 7) is 3.60. The second kappa shape index (κ2) is 8.11.